The van der Waals surface area contributed by atoms with Crippen LogP contribution in [-0.2, 0) is 0 Å². The number of hydrogen-bond acceptors (Lipinski definition) is 1. The molecule has 1 nitrogen and oxygen atoms in total. The van der Waals surface area contributed by atoms with Crippen molar-refractivity contribution in [1.82, 2.24) is 5.32 Å². The number of hydrogen-bond donors (Lipinski definition) is 1. The van der Waals surface area contributed by atoms with Crippen LogP contribution in [0, 0.1) is 0 Å². The second-order valence-electron chi connectivity index (χ2n) is 4.93. The summed E-state index contributed by atoms with van der Waals surface area (Å²) < 4.78 is 1.06. The molecule has 2 aromatic rings. The lowest BCUT2D eigenvalue weighted by Gasteiger charge is -2.22. The first-order chi connectivity index (χ1) is 9.90. The van der Waals surface area contributed by atoms with Crippen LogP contribution in [0.15, 0.2) is 40.9 Å². The van der Waals surface area contributed by atoms with Crippen molar-refractivity contribution < 1.29 is 0 Å². The van der Waals surface area contributed by atoms with Gasteiger partial charge in [0, 0.05) is 16.6 Å². The Bertz CT molecular complexity index is 645. The van der Waals surface area contributed by atoms with Crippen LogP contribution in [0.2, 0.25) is 15.1 Å². The van der Waals surface area contributed by atoms with Crippen LogP contribution in [-0.4, -0.2) is 0 Å². The minimum absolute atomic E-state index is 0.0567. The molecule has 21 heavy (non-hydrogen) atoms. The summed E-state index contributed by atoms with van der Waals surface area (Å²) in [7, 11) is 0. The van der Waals surface area contributed by atoms with E-state index >= 15 is 0 Å². The van der Waals surface area contributed by atoms with E-state index in [1.54, 1.807) is 6.07 Å². The Morgan fingerprint density at radius 1 is 0.952 bits per heavy atom. The van der Waals surface area contributed by atoms with E-state index in [0.717, 1.165) is 10.0 Å². The molecule has 2 atom stereocenters. The minimum atomic E-state index is 0.0567. The maximum Gasteiger partial charge on any atom is 0.0781 e. The topological polar surface area (TPSA) is 12.0 Å². The van der Waals surface area contributed by atoms with Gasteiger partial charge in [-0.15, -0.1) is 0 Å². The Hall–Kier alpha value is -0.250. The molecular formula is C16H15BrCl3N. The Morgan fingerprint density at radius 3 is 2.33 bits per heavy atom. The van der Waals surface area contributed by atoms with E-state index in [-0.39, 0.29) is 12.1 Å². The van der Waals surface area contributed by atoms with Crippen molar-refractivity contribution in [3.05, 3.63) is 67.1 Å². The molecule has 0 saturated heterocycles. The highest BCUT2D eigenvalue weighted by Crippen LogP contribution is 2.36. The van der Waals surface area contributed by atoms with Gasteiger partial charge >= 0.3 is 0 Å². The molecule has 0 fully saturated rings. The van der Waals surface area contributed by atoms with Crippen LogP contribution in [0.1, 0.15) is 37.1 Å². The molecule has 5 heteroatoms. The van der Waals surface area contributed by atoms with Gasteiger partial charge in [-0.25, -0.2) is 0 Å². The molecule has 0 spiro atoms. The summed E-state index contributed by atoms with van der Waals surface area (Å²) >= 11 is 21.8. The van der Waals surface area contributed by atoms with E-state index in [2.05, 4.69) is 47.2 Å². The van der Waals surface area contributed by atoms with Gasteiger partial charge in [-0.1, -0.05) is 68.9 Å². The van der Waals surface area contributed by atoms with Crippen molar-refractivity contribution in [3.8, 4) is 0 Å². The highest BCUT2D eigenvalue weighted by Gasteiger charge is 2.16. The molecule has 0 aliphatic rings. The Balaban J connectivity index is 2.18. The fraction of sp³-hybridized carbons (Fsp3) is 0.250. The molecule has 0 aromatic heterocycles. The quantitative estimate of drug-likeness (QED) is 0.548. The third-order valence-corrected chi connectivity index (χ3v) is 5.18. The van der Waals surface area contributed by atoms with E-state index in [1.165, 1.54) is 5.56 Å². The normalized spacial score (nSPS) is 14.0. The van der Waals surface area contributed by atoms with E-state index in [4.69, 9.17) is 34.8 Å². The summed E-state index contributed by atoms with van der Waals surface area (Å²) in [6.07, 6.45) is 0. The van der Waals surface area contributed by atoms with Crippen molar-refractivity contribution >= 4 is 50.7 Å². The van der Waals surface area contributed by atoms with Gasteiger partial charge in [-0.2, -0.15) is 0 Å². The van der Waals surface area contributed by atoms with Gasteiger partial charge in [0.25, 0.3) is 0 Å². The number of rotatable bonds is 4. The SMILES string of the molecule is CC(N[C@H](C)c1cccc(Br)c1)c1ccc(Cl)c(Cl)c1Cl. The second-order valence-corrected chi connectivity index (χ2v) is 7.01. The summed E-state index contributed by atoms with van der Waals surface area (Å²) in [5, 5.41) is 4.90. The largest absolute Gasteiger partial charge is 0.304 e. The van der Waals surface area contributed by atoms with Gasteiger partial charge in [0.2, 0.25) is 0 Å². The molecule has 0 radical (unpaired) electrons. The molecule has 0 bridgehead atoms. The molecule has 2 rings (SSSR count). The van der Waals surface area contributed by atoms with Gasteiger partial charge in [0.1, 0.15) is 0 Å². The smallest absolute Gasteiger partial charge is 0.0781 e. The van der Waals surface area contributed by atoms with Crippen molar-refractivity contribution in [1.29, 1.82) is 0 Å². The van der Waals surface area contributed by atoms with Crippen LogP contribution in [0.3, 0.4) is 0 Å². The highest BCUT2D eigenvalue weighted by atomic mass is 79.9. The van der Waals surface area contributed by atoms with E-state index in [0.29, 0.717) is 15.1 Å². The molecule has 2 aromatic carbocycles. The summed E-state index contributed by atoms with van der Waals surface area (Å²) in [5.74, 6) is 0. The molecule has 0 aliphatic carbocycles. The van der Waals surface area contributed by atoms with E-state index in [9.17, 15) is 0 Å². The zero-order valence-electron chi connectivity index (χ0n) is 11.6. The summed E-state index contributed by atoms with van der Waals surface area (Å²) in [5.41, 5.74) is 2.14. The van der Waals surface area contributed by atoms with Crippen molar-refractivity contribution in [2.24, 2.45) is 0 Å². The van der Waals surface area contributed by atoms with Crippen molar-refractivity contribution in [3.63, 3.8) is 0 Å². The Morgan fingerprint density at radius 2 is 1.67 bits per heavy atom. The van der Waals surface area contributed by atoms with E-state index < -0.39 is 0 Å². The lowest BCUT2D eigenvalue weighted by atomic mass is 10.0. The predicted octanol–water partition coefficient (Wildman–Crippen LogP) is 6.82. The monoisotopic (exact) mass is 405 g/mol. The maximum absolute atomic E-state index is 6.28. The minimum Gasteiger partial charge on any atom is -0.304 e. The average Bonchev–Trinajstić information content (AvgIpc) is 2.44. The third kappa shape index (κ3) is 4.14. The summed E-state index contributed by atoms with van der Waals surface area (Å²) in [4.78, 5) is 0. The number of halogens is 4. The third-order valence-electron chi connectivity index (χ3n) is 3.38. The van der Waals surface area contributed by atoms with Gasteiger partial charge < -0.3 is 5.32 Å². The first-order valence-electron chi connectivity index (χ1n) is 6.55. The molecular weight excluding hydrogens is 392 g/mol. The second kappa shape index (κ2) is 7.34. The Kier molecular flexibility index (Phi) is 5.98. The van der Waals surface area contributed by atoms with Gasteiger partial charge in [0.05, 0.1) is 15.1 Å². The number of nitrogens with one attached hydrogen (secondary N) is 1. The van der Waals surface area contributed by atoms with Crippen molar-refractivity contribution in [2.45, 2.75) is 25.9 Å². The molecule has 1 unspecified atom stereocenters. The number of benzene rings is 2. The molecule has 0 amide bonds. The zero-order valence-corrected chi connectivity index (χ0v) is 15.5. The summed E-state index contributed by atoms with van der Waals surface area (Å²) in [6, 6.07) is 12.1. The zero-order chi connectivity index (χ0) is 15.6. The van der Waals surface area contributed by atoms with Crippen LogP contribution in [0.25, 0.3) is 0 Å². The van der Waals surface area contributed by atoms with Gasteiger partial charge in [-0.05, 0) is 43.2 Å². The molecule has 1 N–H and O–H groups in total. The highest BCUT2D eigenvalue weighted by molar-refractivity contribution is 9.10. The van der Waals surface area contributed by atoms with Crippen LogP contribution in [0.5, 0.6) is 0 Å². The van der Waals surface area contributed by atoms with Gasteiger partial charge in [-0.3, -0.25) is 0 Å². The standard InChI is InChI=1S/C16H15BrCl3N/c1-9(11-4-3-5-12(17)8-11)21-10(2)13-6-7-14(18)16(20)15(13)19/h3-10,21H,1-2H3/t9-,10?/m1/s1. The molecule has 0 aliphatic heterocycles. The van der Waals surface area contributed by atoms with E-state index in [1.807, 2.05) is 18.2 Å². The fourth-order valence-electron chi connectivity index (χ4n) is 2.21. The van der Waals surface area contributed by atoms with Crippen molar-refractivity contribution in [2.75, 3.05) is 0 Å². The Labute approximate surface area is 148 Å². The lowest BCUT2D eigenvalue weighted by molar-refractivity contribution is 0.494. The molecule has 0 saturated carbocycles. The lowest BCUT2D eigenvalue weighted by Crippen LogP contribution is -2.22. The first-order valence-corrected chi connectivity index (χ1v) is 8.47. The average molecular weight is 408 g/mol. The fourth-order valence-corrected chi connectivity index (χ4v) is 3.34. The maximum atomic E-state index is 6.28. The first kappa shape index (κ1) is 17.1. The predicted molar refractivity (Wildman–Crippen MR) is 95.6 cm³/mol. The van der Waals surface area contributed by atoms with Crippen LogP contribution >= 0.6 is 50.7 Å². The van der Waals surface area contributed by atoms with Crippen LogP contribution < -0.4 is 5.32 Å². The molecule has 112 valence electrons. The molecule has 0 heterocycles. The van der Waals surface area contributed by atoms with Crippen LogP contribution in [0.4, 0.5) is 0 Å². The summed E-state index contributed by atoms with van der Waals surface area (Å²) in [6.45, 7) is 4.17. The van der Waals surface area contributed by atoms with Gasteiger partial charge in [0.15, 0.2) is 0 Å².